The fraction of sp³-hybridized carbons (Fsp3) is 0.667. The summed E-state index contributed by atoms with van der Waals surface area (Å²) in [6.45, 7) is 0.714. The molecule has 1 rings (SSSR count). The fourth-order valence-corrected chi connectivity index (χ4v) is 0.934. The van der Waals surface area contributed by atoms with Crippen LogP contribution in [-0.2, 0) is 14.3 Å². The second-order valence-corrected chi connectivity index (χ2v) is 2.17. The molecule has 0 amide bonds. The van der Waals surface area contributed by atoms with Crippen molar-refractivity contribution in [3.63, 3.8) is 0 Å². The van der Waals surface area contributed by atoms with Gasteiger partial charge in [-0.2, -0.15) is 0 Å². The molecule has 1 N–H and O–H groups in total. The minimum absolute atomic E-state index is 0.0770. The second-order valence-electron chi connectivity index (χ2n) is 2.17. The van der Waals surface area contributed by atoms with Crippen molar-refractivity contribution >= 4 is 11.8 Å². The summed E-state index contributed by atoms with van der Waals surface area (Å²) in [6.07, 6.45) is 0. The van der Waals surface area contributed by atoms with Crippen molar-refractivity contribution in [2.75, 3.05) is 20.2 Å². The second kappa shape index (κ2) is 2.79. The van der Waals surface area contributed by atoms with E-state index in [1.54, 1.807) is 0 Å². The van der Waals surface area contributed by atoms with E-state index in [1.807, 2.05) is 0 Å². The van der Waals surface area contributed by atoms with Crippen LogP contribution in [0.2, 0.25) is 0 Å². The van der Waals surface area contributed by atoms with Gasteiger partial charge >= 0.3 is 5.97 Å². The maximum Gasteiger partial charge on any atom is 0.317 e. The smallest absolute Gasteiger partial charge is 0.317 e. The van der Waals surface area contributed by atoms with Crippen molar-refractivity contribution in [2.24, 2.45) is 5.92 Å². The van der Waals surface area contributed by atoms with Gasteiger partial charge in [0.15, 0.2) is 5.78 Å². The number of rotatable bonds is 1. The van der Waals surface area contributed by atoms with Gasteiger partial charge in [-0.05, 0) is 0 Å². The quantitative estimate of drug-likeness (QED) is 0.376. The van der Waals surface area contributed by atoms with Gasteiger partial charge in [-0.3, -0.25) is 9.59 Å². The van der Waals surface area contributed by atoms with Crippen molar-refractivity contribution in [3.8, 4) is 0 Å². The Balaban J connectivity index is 2.55. The third kappa shape index (κ3) is 1.16. The number of carbonyl (C=O) groups is 2. The fourth-order valence-electron chi connectivity index (χ4n) is 0.934. The molecule has 0 aromatic rings. The van der Waals surface area contributed by atoms with Crippen LogP contribution in [-0.4, -0.2) is 32.0 Å². The minimum atomic E-state index is -0.565. The van der Waals surface area contributed by atoms with Gasteiger partial charge in [0.25, 0.3) is 0 Å². The molecule has 1 atom stereocenters. The zero-order valence-electron chi connectivity index (χ0n) is 5.72. The van der Waals surface area contributed by atoms with Crippen LogP contribution in [0, 0.1) is 5.92 Å². The Hall–Kier alpha value is -0.900. The highest BCUT2D eigenvalue weighted by Crippen LogP contribution is 2.04. The third-order valence-corrected chi connectivity index (χ3v) is 1.52. The lowest BCUT2D eigenvalue weighted by atomic mass is 10.1. The molecule has 10 heavy (non-hydrogen) atoms. The van der Waals surface area contributed by atoms with E-state index in [1.165, 1.54) is 7.11 Å². The first kappa shape index (κ1) is 7.21. The van der Waals surface area contributed by atoms with Gasteiger partial charge < -0.3 is 10.1 Å². The molecule has 1 saturated heterocycles. The number of esters is 1. The molecule has 0 unspecified atom stereocenters. The maximum absolute atomic E-state index is 10.8. The molecule has 1 aliphatic heterocycles. The Morgan fingerprint density at radius 2 is 2.50 bits per heavy atom. The van der Waals surface area contributed by atoms with E-state index in [-0.39, 0.29) is 5.78 Å². The molecule has 1 aliphatic rings. The zero-order valence-corrected chi connectivity index (χ0v) is 5.72. The van der Waals surface area contributed by atoms with E-state index in [9.17, 15) is 9.59 Å². The van der Waals surface area contributed by atoms with E-state index in [0.717, 1.165) is 0 Å². The molecule has 56 valence electrons. The molecule has 4 nitrogen and oxygen atoms in total. The summed E-state index contributed by atoms with van der Waals surface area (Å²) in [5, 5.41) is 2.79. The van der Waals surface area contributed by atoms with Crippen molar-refractivity contribution in [1.29, 1.82) is 0 Å². The lowest BCUT2D eigenvalue weighted by Crippen LogP contribution is -2.23. The summed E-state index contributed by atoms with van der Waals surface area (Å²) < 4.78 is 4.40. The number of ketones is 1. The molecular formula is C6H9NO3. The first-order chi connectivity index (χ1) is 4.75. The summed E-state index contributed by atoms with van der Waals surface area (Å²) in [6, 6.07) is 0. The predicted octanol–water partition coefficient (Wildman–Crippen LogP) is -1.05. The first-order valence-electron chi connectivity index (χ1n) is 3.07. The number of Topliss-reactive ketones (excluding diaryl/α,β-unsaturated/α-hetero) is 1. The first-order valence-corrected chi connectivity index (χ1v) is 3.07. The Labute approximate surface area is 58.5 Å². The van der Waals surface area contributed by atoms with Crippen LogP contribution in [0.15, 0.2) is 0 Å². The predicted molar refractivity (Wildman–Crippen MR) is 33.4 cm³/mol. The molecule has 0 spiro atoms. The highest BCUT2D eigenvalue weighted by atomic mass is 16.5. The summed E-state index contributed by atoms with van der Waals surface area (Å²) in [4.78, 5) is 21.6. The SMILES string of the molecule is COC(=O)[C@H]1CNCC1=O. The highest BCUT2D eigenvalue weighted by Gasteiger charge is 2.31. The number of hydrogen-bond acceptors (Lipinski definition) is 4. The van der Waals surface area contributed by atoms with Crippen molar-refractivity contribution in [2.45, 2.75) is 0 Å². The van der Waals surface area contributed by atoms with E-state index < -0.39 is 11.9 Å². The molecular weight excluding hydrogens is 134 g/mol. The largest absolute Gasteiger partial charge is 0.468 e. The van der Waals surface area contributed by atoms with Crippen LogP contribution in [0.4, 0.5) is 0 Å². The molecule has 1 heterocycles. The van der Waals surface area contributed by atoms with Gasteiger partial charge in [-0.15, -0.1) is 0 Å². The van der Waals surface area contributed by atoms with E-state index in [2.05, 4.69) is 10.1 Å². The monoisotopic (exact) mass is 143 g/mol. The van der Waals surface area contributed by atoms with E-state index in [4.69, 9.17) is 0 Å². The number of methoxy groups -OCH3 is 1. The summed E-state index contributed by atoms with van der Waals surface area (Å²) >= 11 is 0. The topological polar surface area (TPSA) is 55.4 Å². The molecule has 0 aliphatic carbocycles. The van der Waals surface area contributed by atoms with Crippen molar-refractivity contribution in [1.82, 2.24) is 5.32 Å². The van der Waals surface area contributed by atoms with Gasteiger partial charge in [0, 0.05) is 6.54 Å². The van der Waals surface area contributed by atoms with Crippen LogP contribution < -0.4 is 5.32 Å². The Morgan fingerprint density at radius 3 is 2.90 bits per heavy atom. The Kier molecular flexibility index (Phi) is 2.01. The summed E-state index contributed by atoms with van der Waals surface area (Å²) in [5.74, 6) is -1.08. The van der Waals surface area contributed by atoms with Crippen LogP contribution in [0.5, 0.6) is 0 Å². The van der Waals surface area contributed by atoms with Gasteiger partial charge in [0.05, 0.1) is 13.7 Å². The highest BCUT2D eigenvalue weighted by molar-refractivity contribution is 6.01. The van der Waals surface area contributed by atoms with Crippen molar-refractivity contribution < 1.29 is 14.3 Å². The van der Waals surface area contributed by atoms with Gasteiger partial charge in [-0.1, -0.05) is 0 Å². The van der Waals surface area contributed by atoms with Gasteiger partial charge in [0.1, 0.15) is 5.92 Å². The number of nitrogens with one attached hydrogen (secondary N) is 1. The van der Waals surface area contributed by atoms with Crippen LogP contribution in [0.25, 0.3) is 0 Å². The van der Waals surface area contributed by atoms with E-state index >= 15 is 0 Å². The molecule has 0 aromatic carbocycles. The molecule has 0 aromatic heterocycles. The number of ether oxygens (including phenoxy) is 1. The van der Waals surface area contributed by atoms with Crippen LogP contribution in [0.3, 0.4) is 0 Å². The molecule has 1 fully saturated rings. The minimum Gasteiger partial charge on any atom is -0.468 e. The van der Waals surface area contributed by atoms with Crippen LogP contribution >= 0.6 is 0 Å². The summed E-state index contributed by atoms with van der Waals surface area (Å²) in [7, 11) is 1.29. The normalized spacial score (nSPS) is 24.9. The Morgan fingerprint density at radius 1 is 1.80 bits per heavy atom. The molecule has 0 radical (unpaired) electrons. The lowest BCUT2D eigenvalue weighted by Gasteiger charge is -2.01. The molecule has 0 saturated carbocycles. The average Bonchev–Trinajstić information content (AvgIpc) is 2.34. The maximum atomic E-state index is 10.8. The average molecular weight is 143 g/mol. The standard InChI is InChI=1S/C6H9NO3/c1-10-6(9)4-2-7-3-5(4)8/h4,7H,2-3H2,1H3/t4-/m0/s1. The zero-order chi connectivity index (χ0) is 7.56. The van der Waals surface area contributed by atoms with Crippen LogP contribution in [0.1, 0.15) is 0 Å². The number of carbonyl (C=O) groups excluding carboxylic acids is 2. The number of hydrogen-bond donors (Lipinski definition) is 1. The molecule has 4 heteroatoms. The molecule has 0 bridgehead atoms. The van der Waals surface area contributed by atoms with Gasteiger partial charge in [0.2, 0.25) is 0 Å². The summed E-state index contributed by atoms with van der Waals surface area (Å²) in [5.41, 5.74) is 0. The Bertz CT molecular complexity index is 166. The van der Waals surface area contributed by atoms with E-state index in [0.29, 0.717) is 13.1 Å². The van der Waals surface area contributed by atoms with Gasteiger partial charge in [-0.25, -0.2) is 0 Å². The third-order valence-electron chi connectivity index (χ3n) is 1.52. The lowest BCUT2D eigenvalue weighted by molar-refractivity contribution is -0.147. The van der Waals surface area contributed by atoms with Crippen molar-refractivity contribution in [3.05, 3.63) is 0 Å².